The van der Waals surface area contributed by atoms with Gasteiger partial charge in [-0.15, -0.1) is 10.2 Å². The van der Waals surface area contributed by atoms with Gasteiger partial charge in [-0.1, -0.05) is 36.0 Å². The molecule has 0 bridgehead atoms. The number of ether oxygens (including phenoxy) is 2. The molecular formula is C19H17N3O2S. The molecule has 1 aromatic heterocycles. The van der Waals surface area contributed by atoms with Crippen molar-refractivity contribution in [2.45, 2.75) is 29.7 Å². The monoisotopic (exact) mass is 351 g/mol. The summed E-state index contributed by atoms with van der Waals surface area (Å²) >= 11 is 1.70. The number of thioether (sulfide) groups is 1. The van der Waals surface area contributed by atoms with Gasteiger partial charge in [-0.25, -0.2) is 0 Å². The van der Waals surface area contributed by atoms with Crippen molar-refractivity contribution in [3.63, 3.8) is 0 Å². The lowest BCUT2D eigenvalue weighted by molar-refractivity contribution is 0.174. The Hall–Kier alpha value is -2.47. The predicted octanol–water partition coefficient (Wildman–Crippen LogP) is 4.17. The van der Waals surface area contributed by atoms with Crippen LogP contribution in [0.3, 0.4) is 0 Å². The minimum atomic E-state index is 0.305. The van der Waals surface area contributed by atoms with E-state index in [4.69, 9.17) is 9.47 Å². The Balaban J connectivity index is 1.42. The van der Waals surface area contributed by atoms with Crippen molar-refractivity contribution in [3.05, 3.63) is 59.9 Å². The largest absolute Gasteiger partial charge is 0.454 e. The average Bonchev–Trinajstić information content (AvgIpc) is 3.24. The molecule has 0 atom stereocenters. The third-order valence-electron chi connectivity index (χ3n) is 4.42. The fraction of sp³-hybridized carbons (Fsp3) is 0.263. The van der Waals surface area contributed by atoms with Gasteiger partial charge in [-0.05, 0) is 42.7 Å². The zero-order valence-corrected chi connectivity index (χ0v) is 14.4. The van der Waals surface area contributed by atoms with Crippen molar-refractivity contribution < 1.29 is 9.47 Å². The first-order chi connectivity index (χ1) is 12.4. The maximum absolute atomic E-state index is 5.46. The number of fused-ring (bicyclic) bond motifs is 1. The molecule has 0 saturated heterocycles. The summed E-state index contributed by atoms with van der Waals surface area (Å²) in [5.41, 5.74) is 2.31. The van der Waals surface area contributed by atoms with E-state index in [1.165, 1.54) is 18.4 Å². The lowest BCUT2D eigenvalue weighted by Gasteiger charge is -2.10. The van der Waals surface area contributed by atoms with Crippen LogP contribution in [-0.2, 0) is 5.75 Å². The molecule has 0 N–H and O–H groups in total. The molecule has 2 aliphatic rings. The summed E-state index contributed by atoms with van der Waals surface area (Å²) in [6, 6.07) is 16.4. The van der Waals surface area contributed by atoms with Gasteiger partial charge >= 0.3 is 0 Å². The minimum Gasteiger partial charge on any atom is -0.454 e. The quantitative estimate of drug-likeness (QED) is 0.646. The highest BCUT2D eigenvalue weighted by Gasteiger charge is 2.31. The molecule has 1 aliphatic carbocycles. The van der Waals surface area contributed by atoms with Crippen LogP contribution in [0.4, 0.5) is 0 Å². The molecular weight excluding hydrogens is 334 g/mol. The van der Waals surface area contributed by atoms with Gasteiger partial charge in [0.15, 0.2) is 16.7 Å². The van der Waals surface area contributed by atoms with E-state index in [0.717, 1.165) is 33.9 Å². The van der Waals surface area contributed by atoms with Crippen LogP contribution in [0.25, 0.3) is 5.69 Å². The molecule has 0 amide bonds. The van der Waals surface area contributed by atoms with Crippen LogP contribution in [0.2, 0.25) is 0 Å². The van der Waals surface area contributed by atoms with E-state index in [1.807, 2.05) is 18.2 Å². The maximum atomic E-state index is 5.46. The van der Waals surface area contributed by atoms with Gasteiger partial charge in [-0.3, -0.25) is 4.57 Å². The topological polar surface area (TPSA) is 49.2 Å². The van der Waals surface area contributed by atoms with Crippen LogP contribution in [0.1, 0.15) is 30.1 Å². The number of hydrogen-bond donors (Lipinski definition) is 0. The van der Waals surface area contributed by atoms with E-state index in [1.54, 1.807) is 11.8 Å². The van der Waals surface area contributed by atoms with E-state index in [9.17, 15) is 0 Å². The number of para-hydroxylation sites is 1. The molecule has 2 heterocycles. The molecule has 126 valence electrons. The van der Waals surface area contributed by atoms with Crippen LogP contribution in [0.15, 0.2) is 53.7 Å². The van der Waals surface area contributed by atoms with E-state index in [-0.39, 0.29) is 0 Å². The first-order valence-corrected chi connectivity index (χ1v) is 9.39. The third kappa shape index (κ3) is 2.87. The van der Waals surface area contributed by atoms with Gasteiger partial charge in [0.25, 0.3) is 0 Å². The first kappa shape index (κ1) is 14.8. The summed E-state index contributed by atoms with van der Waals surface area (Å²) in [5, 5.41) is 9.87. The highest BCUT2D eigenvalue weighted by molar-refractivity contribution is 7.98. The van der Waals surface area contributed by atoms with Crippen LogP contribution in [-0.4, -0.2) is 21.6 Å². The Labute approximate surface area is 150 Å². The Morgan fingerprint density at radius 1 is 1.00 bits per heavy atom. The predicted molar refractivity (Wildman–Crippen MR) is 95.5 cm³/mol. The molecule has 1 aliphatic heterocycles. The first-order valence-electron chi connectivity index (χ1n) is 8.40. The summed E-state index contributed by atoms with van der Waals surface area (Å²) < 4.78 is 13.0. The van der Waals surface area contributed by atoms with Gasteiger partial charge in [0.1, 0.15) is 5.82 Å². The smallest absolute Gasteiger partial charge is 0.231 e. The van der Waals surface area contributed by atoms with Crippen molar-refractivity contribution in [2.75, 3.05) is 6.79 Å². The molecule has 0 radical (unpaired) electrons. The van der Waals surface area contributed by atoms with Crippen molar-refractivity contribution in [1.82, 2.24) is 14.8 Å². The van der Waals surface area contributed by atoms with Crippen molar-refractivity contribution in [2.24, 2.45) is 0 Å². The zero-order chi connectivity index (χ0) is 16.6. The lowest BCUT2D eigenvalue weighted by Crippen LogP contribution is -2.01. The second kappa shape index (κ2) is 6.11. The summed E-state index contributed by atoms with van der Waals surface area (Å²) in [4.78, 5) is 0. The molecule has 5 rings (SSSR count). The molecule has 0 spiro atoms. The van der Waals surface area contributed by atoms with Crippen molar-refractivity contribution >= 4 is 11.8 Å². The number of nitrogens with zero attached hydrogens (tertiary/aromatic N) is 3. The molecule has 6 heteroatoms. The summed E-state index contributed by atoms with van der Waals surface area (Å²) in [6.45, 7) is 0.305. The van der Waals surface area contributed by atoms with E-state index >= 15 is 0 Å². The Morgan fingerprint density at radius 3 is 2.68 bits per heavy atom. The number of rotatable bonds is 5. The van der Waals surface area contributed by atoms with E-state index in [0.29, 0.717) is 12.7 Å². The van der Waals surface area contributed by atoms with Crippen molar-refractivity contribution in [1.29, 1.82) is 0 Å². The number of benzene rings is 2. The number of hydrogen-bond acceptors (Lipinski definition) is 5. The number of aromatic nitrogens is 3. The molecule has 3 aromatic rings. The van der Waals surface area contributed by atoms with E-state index in [2.05, 4.69) is 45.1 Å². The second-order valence-corrected chi connectivity index (χ2v) is 7.20. The average molecular weight is 351 g/mol. The highest BCUT2D eigenvalue weighted by atomic mass is 32.2. The van der Waals surface area contributed by atoms with Crippen molar-refractivity contribution in [3.8, 4) is 17.2 Å². The molecule has 2 aromatic carbocycles. The van der Waals surface area contributed by atoms with Crippen LogP contribution in [0, 0.1) is 0 Å². The molecule has 1 saturated carbocycles. The van der Waals surface area contributed by atoms with Gasteiger partial charge in [0, 0.05) is 17.4 Å². The Morgan fingerprint density at radius 2 is 1.84 bits per heavy atom. The van der Waals surface area contributed by atoms with E-state index < -0.39 is 0 Å². The fourth-order valence-electron chi connectivity index (χ4n) is 2.98. The van der Waals surface area contributed by atoms with Crippen LogP contribution < -0.4 is 9.47 Å². The molecule has 1 fully saturated rings. The SMILES string of the molecule is c1ccc(-n2c(SCc3ccc4c(c3)OCO4)nnc2C2CC2)cc1. The summed E-state index contributed by atoms with van der Waals surface area (Å²) in [5.74, 6) is 4.08. The summed E-state index contributed by atoms with van der Waals surface area (Å²) in [7, 11) is 0. The third-order valence-corrected chi connectivity index (χ3v) is 5.42. The minimum absolute atomic E-state index is 0.305. The normalized spacial score (nSPS) is 15.5. The van der Waals surface area contributed by atoms with Gasteiger partial charge in [-0.2, -0.15) is 0 Å². The zero-order valence-electron chi connectivity index (χ0n) is 13.6. The standard InChI is InChI=1S/C19H17N3O2S/c1-2-4-15(5-3-1)22-18(14-7-8-14)20-21-19(22)25-11-13-6-9-16-17(10-13)24-12-23-16/h1-6,9-10,14H,7-8,11-12H2. The fourth-order valence-corrected chi connectivity index (χ4v) is 3.88. The highest BCUT2D eigenvalue weighted by Crippen LogP contribution is 2.41. The maximum Gasteiger partial charge on any atom is 0.231 e. The van der Waals surface area contributed by atoms with Crippen LogP contribution >= 0.6 is 11.8 Å². The van der Waals surface area contributed by atoms with Gasteiger partial charge in [0.2, 0.25) is 6.79 Å². The molecule has 0 unspecified atom stereocenters. The molecule has 25 heavy (non-hydrogen) atoms. The second-order valence-electron chi connectivity index (χ2n) is 6.26. The lowest BCUT2D eigenvalue weighted by atomic mass is 10.2. The van der Waals surface area contributed by atoms with Gasteiger partial charge < -0.3 is 9.47 Å². The van der Waals surface area contributed by atoms with Crippen LogP contribution in [0.5, 0.6) is 11.5 Å². The Bertz CT molecular complexity index is 906. The Kier molecular flexibility index (Phi) is 3.63. The van der Waals surface area contributed by atoms with Gasteiger partial charge in [0.05, 0.1) is 0 Å². The molecule has 5 nitrogen and oxygen atoms in total. The summed E-state index contributed by atoms with van der Waals surface area (Å²) in [6.07, 6.45) is 2.41.